The Hall–Kier alpha value is -1.84. The SMILES string of the molecule is CC1(C)COCCC[C@H]2CN(Cc3ccc(OC(F)(F)F)cc3)CC[C@H]2CC(=O)N(CC2CC2)C[C@@H]1O. The molecular formula is C28H41F3N2O4. The maximum Gasteiger partial charge on any atom is 0.573 e. The monoisotopic (exact) mass is 526 g/mol. The number of amides is 1. The number of benzene rings is 1. The molecule has 1 N–H and O–H groups in total. The Morgan fingerprint density at radius 2 is 1.81 bits per heavy atom. The van der Waals surface area contributed by atoms with Crippen LogP contribution in [0.4, 0.5) is 13.2 Å². The maximum atomic E-state index is 13.5. The van der Waals surface area contributed by atoms with Gasteiger partial charge in [0.25, 0.3) is 0 Å². The number of likely N-dealkylation sites (tertiary alicyclic amines) is 1. The van der Waals surface area contributed by atoms with Gasteiger partial charge in [0, 0.05) is 44.6 Å². The second kappa shape index (κ2) is 11.9. The third kappa shape index (κ3) is 8.58. The van der Waals surface area contributed by atoms with Crippen LogP contribution < -0.4 is 4.74 Å². The normalized spacial score (nSPS) is 28.5. The second-order valence-corrected chi connectivity index (χ2v) is 11.9. The summed E-state index contributed by atoms with van der Waals surface area (Å²) in [7, 11) is 0. The van der Waals surface area contributed by atoms with Gasteiger partial charge in [-0.2, -0.15) is 0 Å². The molecule has 3 aliphatic rings. The fourth-order valence-corrected chi connectivity index (χ4v) is 5.53. The summed E-state index contributed by atoms with van der Waals surface area (Å²) in [5.74, 6) is 1.10. The number of β-amino-alcohol motifs (C(OH)–C–C–N with tert-alkyl or cyclic N) is 1. The number of ether oxygens (including phenoxy) is 2. The Balaban J connectivity index is 1.40. The number of halogens is 3. The molecular weight excluding hydrogens is 485 g/mol. The molecule has 1 amide bonds. The highest BCUT2D eigenvalue weighted by Gasteiger charge is 2.37. The molecule has 6 nitrogen and oxygen atoms in total. The van der Waals surface area contributed by atoms with Crippen molar-refractivity contribution in [2.45, 2.75) is 71.4 Å². The van der Waals surface area contributed by atoms with E-state index in [0.717, 1.165) is 57.3 Å². The summed E-state index contributed by atoms with van der Waals surface area (Å²) in [5.41, 5.74) is 0.504. The number of hydrogen-bond donors (Lipinski definition) is 1. The van der Waals surface area contributed by atoms with E-state index in [1.165, 1.54) is 12.1 Å². The zero-order valence-corrected chi connectivity index (χ0v) is 22.0. The van der Waals surface area contributed by atoms with Crippen LogP contribution in [0.25, 0.3) is 0 Å². The van der Waals surface area contributed by atoms with Gasteiger partial charge in [-0.05, 0) is 74.1 Å². The number of carbonyl (C=O) groups is 1. The number of carbonyl (C=O) groups excluding carboxylic acids is 1. The van der Waals surface area contributed by atoms with E-state index in [2.05, 4.69) is 9.64 Å². The summed E-state index contributed by atoms with van der Waals surface area (Å²) in [6, 6.07) is 6.07. The maximum absolute atomic E-state index is 13.5. The van der Waals surface area contributed by atoms with Crippen LogP contribution in [-0.2, 0) is 16.1 Å². The van der Waals surface area contributed by atoms with Crippen molar-refractivity contribution in [3.8, 4) is 5.75 Å². The average Bonchev–Trinajstić information content (AvgIpc) is 3.63. The molecule has 1 aromatic carbocycles. The number of aliphatic hydroxyl groups is 1. The molecule has 37 heavy (non-hydrogen) atoms. The fourth-order valence-electron chi connectivity index (χ4n) is 5.53. The van der Waals surface area contributed by atoms with Crippen LogP contribution in [-0.4, -0.2) is 72.7 Å². The lowest BCUT2D eigenvalue weighted by atomic mass is 9.80. The van der Waals surface area contributed by atoms with Crippen molar-refractivity contribution in [2.75, 3.05) is 39.4 Å². The molecule has 3 atom stereocenters. The summed E-state index contributed by atoms with van der Waals surface area (Å²) in [6.45, 7) is 8.47. The molecule has 208 valence electrons. The second-order valence-electron chi connectivity index (χ2n) is 11.9. The number of rotatable bonds is 5. The first-order valence-corrected chi connectivity index (χ1v) is 13.6. The number of hydrogen-bond acceptors (Lipinski definition) is 5. The predicted molar refractivity (Wildman–Crippen MR) is 134 cm³/mol. The van der Waals surface area contributed by atoms with Crippen molar-refractivity contribution in [1.29, 1.82) is 0 Å². The summed E-state index contributed by atoms with van der Waals surface area (Å²) >= 11 is 0. The third-order valence-electron chi connectivity index (χ3n) is 8.14. The molecule has 2 heterocycles. The number of piperidine rings is 1. The van der Waals surface area contributed by atoms with Gasteiger partial charge in [-0.25, -0.2) is 0 Å². The summed E-state index contributed by atoms with van der Waals surface area (Å²) in [4.78, 5) is 17.7. The third-order valence-corrected chi connectivity index (χ3v) is 8.14. The topological polar surface area (TPSA) is 62.2 Å². The van der Waals surface area contributed by atoms with Crippen molar-refractivity contribution < 1.29 is 32.5 Å². The molecule has 0 unspecified atom stereocenters. The minimum absolute atomic E-state index is 0.144. The first-order chi connectivity index (χ1) is 17.5. The van der Waals surface area contributed by atoms with E-state index in [1.807, 2.05) is 18.7 Å². The highest BCUT2D eigenvalue weighted by atomic mass is 19.4. The van der Waals surface area contributed by atoms with E-state index in [-0.39, 0.29) is 17.6 Å². The summed E-state index contributed by atoms with van der Waals surface area (Å²) in [5, 5.41) is 10.9. The average molecular weight is 527 g/mol. The van der Waals surface area contributed by atoms with E-state index in [0.29, 0.717) is 44.6 Å². The quantitative estimate of drug-likeness (QED) is 0.595. The van der Waals surface area contributed by atoms with Crippen LogP contribution in [0.5, 0.6) is 5.75 Å². The molecule has 1 aromatic rings. The van der Waals surface area contributed by atoms with E-state index in [4.69, 9.17) is 4.74 Å². The lowest BCUT2D eigenvalue weighted by Gasteiger charge is -2.39. The molecule has 0 aromatic heterocycles. The van der Waals surface area contributed by atoms with Gasteiger partial charge in [0.2, 0.25) is 5.91 Å². The van der Waals surface area contributed by atoms with Gasteiger partial charge in [0.15, 0.2) is 0 Å². The first-order valence-electron chi connectivity index (χ1n) is 13.6. The van der Waals surface area contributed by atoms with Gasteiger partial charge in [0.05, 0.1) is 12.7 Å². The van der Waals surface area contributed by atoms with E-state index < -0.39 is 17.9 Å². The van der Waals surface area contributed by atoms with Gasteiger partial charge in [0.1, 0.15) is 5.75 Å². The van der Waals surface area contributed by atoms with Crippen LogP contribution in [0, 0.1) is 23.2 Å². The van der Waals surface area contributed by atoms with Crippen molar-refractivity contribution in [2.24, 2.45) is 23.2 Å². The molecule has 2 saturated heterocycles. The Morgan fingerprint density at radius 3 is 2.49 bits per heavy atom. The zero-order valence-electron chi connectivity index (χ0n) is 22.0. The van der Waals surface area contributed by atoms with E-state index in [1.54, 1.807) is 12.1 Å². The van der Waals surface area contributed by atoms with Crippen molar-refractivity contribution in [3.63, 3.8) is 0 Å². The van der Waals surface area contributed by atoms with Crippen LogP contribution in [0.3, 0.4) is 0 Å². The highest BCUT2D eigenvalue weighted by molar-refractivity contribution is 5.76. The van der Waals surface area contributed by atoms with Crippen LogP contribution >= 0.6 is 0 Å². The highest BCUT2D eigenvalue weighted by Crippen LogP contribution is 2.35. The molecule has 0 radical (unpaired) electrons. The molecule has 1 aliphatic carbocycles. The Morgan fingerprint density at radius 1 is 1.08 bits per heavy atom. The Bertz CT molecular complexity index is 888. The largest absolute Gasteiger partial charge is 0.573 e. The lowest BCUT2D eigenvalue weighted by Crippen LogP contribution is -2.47. The van der Waals surface area contributed by atoms with Crippen LogP contribution in [0.2, 0.25) is 0 Å². The van der Waals surface area contributed by atoms with Gasteiger partial charge in [-0.1, -0.05) is 26.0 Å². The van der Waals surface area contributed by atoms with Crippen LogP contribution in [0.1, 0.15) is 57.9 Å². The van der Waals surface area contributed by atoms with Crippen molar-refractivity contribution in [1.82, 2.24) is 9.80 Å². The number of alkyl halides is 3. The molecule has 0 bridgehead atoms. The number of aliphatic hydroxyl groups excluding tert-OH is 1. The molecule has 1 saturated carbocycles. The van der Waals surface area contributed by atoms with E-state index in [9.17, 15) is 23.1 Å². The standard InChI is InChI=1S/C28H41F3N2O4/c1-27(2)19-36-13-3-4-23-17-32(15-20-7-9-24(10-8-20)37-28(29,30)31)12-11-22(23)14-26(35)33(18-25(27)34)16-21-5-6-21/h7-10,21-23,25,34H,3-6,11-19H2,1-2H3/t22-,23-,25-/m0/s1. The molecule has 3 fully saturated rings. The van der Waals surface area contributed by atoms with Gasteiger partial charge >= 0.3 is 6.36 Å². The molecule has 9 heteroatoms. The minimum atomic E-state index is -4.70. The number of fused-ring (bicyclic) bond motifs is 1. The minimum Gasteiger partial charge on any atom is -0.406 e. The lowest BCUT2D eigenvalue weighted by molar-refractivity contribution is -0.274. The summed E-state index contributed by atoms with van der Waals surface area (Å²) in [6.07, 6.45) is 0.220. The Labute approximate surface area is 218 Å². The van der Waals surface area contributed by atoms with Crippen molar-refractivity contribution >= 4 is 5.91 Å². The van der Waals surface area contributed by atoms with Crippen LogP contribution in [0.15, 0.2) is 24.3 Å². The fraction of sp³-hybridized carbons (Fsp3) is 0.750. The number of nitrogens with zero attached hydrogens (tertiary/aromatic N) is 2. The molecule has 4 rings (SSSR count). The first kappa shape index (κ1) is 28.2. The zero-order chi connectivity index (χ0) is 26.6. The van der Waals surface area contributed by atoms with Gasteiger partial charge < -0.3 is 19.5 Å². The van der Waals surface area contributed by atoms with Gasteiger partial charge in [-0.15, -0.1) is 13.2 Å². The van der Waals surface area contributed by atoms with E-state index >= 15 is 0 Å². The smallest absolute Gasteiger partial charge is 0.406 e. The molecule has 2 aliphatic heterocycles. The predicted octanol–water partition coefficient (Wildman–Crippen LogP) is 4.85. The van der Waals surface area contributed by atoms with Crippen molar-refractivity contribution in [3.05, 3.63) is 29.8 Å². The van der Waals surface area contributed by atoms with Gasteiger partial charge in [-0.3, -0.25) is 9.69 Å². The Kier molecular flexibility index (Phi) is 9.07. The summed E-state index contributed by atoms with van der Waals surface area (Å²) < 4.78 is 47.3. The molecule has 0 spiro atoms.